The molecule has 3 N–H and O–H groups in total. The minimum atomic E-state index is -3.86. The number of nitrogens with one attached hydrogen (secondary N) is 3. The molecule has 7 nitrogen and oxygen atoms in total. The first-order chi connectivity index (χ1) is 14.8. The molecular weight excluding hydrogens is 414 g/mol. The maximum Gasteiger partial charge on any atom is 0.262 e. The van der Waals surface area contributed by atoms with Crippen LogP contribution in [0.4, 0.5) is 5.69 Å². The van der Waals surface area contributed by atoms with Crippen molar-refractivity contribution in [3.63, 3.8) is 0 Å². The number of hydrogen-bond donors (Lipinski definition) is 3. The van der Waals surface area contributed by atoms with Gasteiger partial charge in [0.05, 0.1) is 16.1 Å². The van der Waals surface area contributed by atoms with Gasteiger partial charge in [-0.15, -0.1) is 0 Å². The Balaban J connectivity index is 1.63. The van der Waals surface area contributed by atoms with Crippen molar-refractivity contribution in [1.29, 1.82) is 0 Å². The lowest BCUT2D eigenvalue weighted by Gasteiger charge is -2.15. The zero-order chi connectivity index (χ0) is 22.4. The third-order valence-electron chi connectivity index (χ3n) is 5.48. The van der Waals surface area contributed by atoms with Gasteiger partial charge < -0.3 is 10.6 Å². The first kappa shape index (κ1) is 22.8. The highest BCUT2D eigenvalue weighted by molar-refractivity contribution is 7.92. The summed E-state index contributed by atoms with van der Waals surface area (Å²) in [5.41, 5.74) is 1.88. The van der Waals surface area contributed by atoms with Crippen molar-refractivity contribution in [2.75, 3.05) is 17.8 Å². The molecule has 31 heavy (non-hydrogen) atoms. The van der Waals surface area contributed by atoms with E-state index in [-0.39, 0.29) is 34.5 Å². The normalized spacial score (nSPS) is 14.3. The Morgan fingerprint density at radius 1 is 0.968 bits per heavy atom. The van der Waals surface area contributed by atoms with Crippen molar-refractivity contribution in [2.24, 2.45) is 5.92 Å². The van der Waals surface area contributed by atoms with Crippen LogP contribution in [0.2, 0.25) is 0 Å². The fraction of sp³-hybridized carbons (Fsp3) is 0.391. The first-order valence-corrected chi connectivity index (χ1v) is 12.0. The van der Waals surface area contributed by atoms with Gasteiger partial charge in [0.25, 0.3) is 15.9 Å². The van der Waals surface area contributed by atoms with E-state index in [2.05, 4.69) is 15.4 Å². The van der Waals surface area contributed by atoms with Crippen molar-refractivity contribution in [3.8, 4) is 0 Å². The summed E-state index contributed by atoms with van der Waals surface area (Å²) in [6.45, 7) is 4.14. The molecule has 1 aliphatic carbocycles. The molecule has 1 aliphatic rings. The molecule has 8 heteroatoms. The summed E-state index contributed by atoms with van der Waals surface area (Å²) in [7, 11) is -3.86. The Hall–Kier alpha value is -2.87. The largest absolute Gasteiger partial charge is 0.354 e. The van der Waals surface area contributed by atoms with Gasteiger partial charge in [0, 0.05) is 19.0 Å². The number of aryl methyl sites for hydroxylation is 2. The molecule has 0 bridgehead atoms. The highest BCUT2D eigenvalue weighted by atomic mass is 32.2. The van der Waals surface area contributed by atoms with E-state index in [0.29, 0.717) is 12.1 Å². The highest BCUT2D eigenvalue weighted by Crippen LogP contribution is 2.25. The lowest BCUT2D eigenvalue weighted by atomic mass is 10.1. The number of amides is 2. The second-order valence-electron chi connectivity index (χ2n) is 7.95. The number of anilines is 1. The predicted octanol–water partition coefficient (Wildman–Crippen LogP) is 3.14. The Labute approximate surface area is 183 Å². The molecule has 2 aromatic rings. The molecule has 0 radical (unpaired) electrons. The van der Waals surface area contributed by atoms with Crippen LogP contribution in [0, 0.1) is 19.8 Å². The molecule has 2 aromatic carbocycles. The number of carbonyl (C=O) groups excluding carboxylic acids is 2. The third-order valence-corrected chi connectivity index (χ3v) is 6.99. The Kier molecular flexibility index (Phi) is 7.33. The SMILES string of the molecule is Cc1ccc(C)c(S(=O)(=O)Nc2ccccc2C(=O)NCCNC(=O)C2CCCC2)c1. The summed E-state index contributed by atoms with van der Waals surface area (Å²) in [6, 6.07) is 11.7. The maximum absolute atomic E-state index is 12.9. The number of sulfonamides is 1. The molecule has 3 rings (SSSR count). The van der Waals surface area contributed by atoms with Crippen LogP contribution in [0.5, 0.6) is 0 Å². The summed E-state index contributed by atoms with van der Waals surface area (Å²) in [4.78, 5) is 24.9. The zero-order valence-electron chi connectivity index (χ0n) is 17.9. The topological polar surface area (TPSA) is 104 Å². The van der Waals surface area contributed by atoms with Gasteiger partial charge in [-0.3, -0.25) is 14.3 Å². The highest BCUT2D eigenvalue weighted by Gasteiger charge is 2.23. The monoisotopic (exact) mass is 443 g/mol. The van der Waals surface area contributed by atoms with Gasteiger partial charge in [0.15, 0.2) is 0 Å². The van der Waals surface area contributed by atoms with Crippen LogP contribution in [-0.4, -0.2) is 33.3 Å². The fourth-order valence-corrected chi connectivity index (χ4v) is 5.17. The quantitative estimate of drug-likeness (QED) is 0.545. The molecule has 1 fully saturated rings. The van der Waals surface area contributed by atoms with Crippen LogP contribution in [-0.2, 0) is 14.8 Å². The van der Waals surface area contributed by atoms with Gasteiger partial charge in [-0.1, -0.05) is 37.1 Å². The minimum Gasteiger partial charge on any atom is -0.354 e. The van der Waals surface area contributed by atoms with E-state index < -0.39 is 15.9 Å². The molecule has 0 spiro atoms. The van der Waals surface area contributed by atoms with Crippen molar-refractivity contribution >= 4 is 27.5 Å². The maximum atomic E-state index is 12.9. The molecule has 0 heterocycles. The molecule has 0 aromatic heterocycles. The Morgan fingerprint density at radius 3 is 2.39 bits per heavy atom. The molecule has 0 unspecified atom stereocenters. The first-order valence-electron chi connectivity index (χ1n) is 10.5. The minimum absolute atomic E-state index is 0.0356. The summed E-state index contributed by atoms with van der Waals surface area (Å²) < 4.78 is 28.4. The second-order valence-corrected chi connectivity index (χ2v) is 9.60. The molecule has 166 valence electrons. The van der Waals surface area contributed by atoms with Gasteiger partial charge in [0.2, 0.25) is 5.91 Å². The van der Waals surface area contributed by atoms with Gasteiger partial charge in [-0.2, -0.15) is 0 Å². The molecule has 1 saturated carbocycles. The van der Waals surface area contributed by atoms with E-state index in [0.717, 1.165) is 31.2 Å². The van der Waals surface area contributed by atoms with E-state index in [1.165, 1.54) is 0 Å². The van der Waals surface area contributed by atoms with Gasteiger partial charge in [0.1, 0.15) is 0 Å². The van der Waals surface area contributed by atoms with E-state index in [1.807, 2.05) is 13.0 Å². The average Bonchev–Trinajstić information content (AvgIpc) is 3.28. The number of carbonyl (C=O) groups is 2. The van der Waals surface area contributed by atoms with Crippen LogP contribution >= 0.6 is 0 Å². The van der Waals surface area contributed by atoms with Gasteiger partial charge in [-0.05, 0) is 56.0 Å². The number of rotatable bonds is 8. The molecular formula is C23H29N3O4S. The number of para-hydroxylation sites is 1. The van der Waals surface area contributed by atoms with Crippen molar-refractivity contribution in [3.05, 3.63) is 59.2 Å². The third kappa shape index (κ3) is 5.85. The summed E-state index contributed by atoms with van der Waals surface area (Å²) in [5.74, 6) is -0.293. The fourth-order valence-electron chi connectivity index (χ4n) is 3.76. The van der Waals surface area contributed by atoms with Crippen LogP contribution < -0.4 is 15.4 Å². The van der Waals surface area contributed by atoms with Crippen LogP contribution in [0.3, 0.4) is 0 Å². The molecule has 0 atom stereocenters. The van der Waals surface area contributed by atoms with Crippen LogP contribution in [0.25, 0.3) is 0 Å². The second kappa shape index (κ2) is 9.96. The molecule has 0 aliphatic heterocycles. The number of benzene rings is 2. The smallest absolute Gasteiger partial charge is 0.262 e. The van der Waals surface area contributed by atoms with Gasteiger partial charge >= 0.3 is 0 Å². The van der Waals surface area contributed by atoms with Crippen LogP contribution in [0.15, 0.2) is 47.4 Å². The van der Waals surface area contributed by atoms with E-state index in [9.17, 15) is 18.0 Å². The van der Waals surface area contributed by atoms with E-state index in [4.69, 9.17) is 0 Å². The summed E-state index contributed by atoms with van der Waals surface area (Å²) in [5, 5.41) is 5.59. The Bertz CT molecular complexity index is 1060. The lowest BCUT2D eigenvalue weighted by Crippen LogP contribution is -2.37. The van der Waals surface area contributed by atoms with Crippen molar-refractivity contribution in [1.82, 2.24) is 10.6 Å². The standard InChI is InChI=1S/C23H29N3O4S/c1-16-11-12-17(2)21(15-16)31(29,30)26-20-10-6-5-9-19(20)23(28)25-14-13-24-22(27)18-7-3-4-8-18/h5-6,9-12,15,18,26H,3-4,7-8,13-14H2,1-2H3,(H,24,27)(H,25,28). The Morgan fingerprint density at radius 2 is 1.65 bits per heavy atom. The lowest BCUT2D eigenvalue weighted by molar-refractivity contribution is -0.124. The summed E-state index contributed by atoms with van der Waals surface area (Å²) >= 11 is 0. The summed E-state index contributed by atoms with van der Waals surface area (Å²) in [6.07, 6.45) is 4.02. The zero-order valence-corrected chi connectivity index (χ0v) is 18.7. The van der Waals surface area contributed by atoms with E-state index in [1.54, 1.807) is 43.3 Å². The molecule has 2 amide bonds. The number of hydrogen-bond acceptors (Lipinski definition) is 4. The van der Waals surface area contributed by atoms with E-state index >= 15 is 0 Å². The molecule has 0 saturated heterocycles. The van der Waals surface area contributed by atoms with Crippen molar-refractivity contribution in [2.45, 2.75) is 44.4 Å². The van der Waals surface area contributed by atoms with Gasteiger partial charge in [-0.25, -0.2) is 8.42 Å². The van der Waals surface area contributed by atoms with Crippen molar-refractivity contribution < 1.29 is 18.0 Å². The van der Waals surface area contributed by atoms with Crippen LogP contribution in [0.1, 0.15) is 47.2 Å². The average molecular weight is 444 g/mol. The predicted molar refractivity (Wildman–Crippen MR) is 120 cm³/mol.